The van der Waals surface area contributed by atoms with Crippen molar-refractivity contribution >= 4 is 22.3 Å². The molecule has 0 spiro atoms. The lowest BCUT2D eigenvalue weighted by Crippen LogP contribution is -2.47. The summed E-state index contributed by atoms with van der Waals surface area (Å²) in [6.45, 7) is 12.7. The molecular formula is C14H23F3N2Si2. The van der Waals surface area contributed by atoms with Crippen LogP contribution in [-0.4, -0.2) is 22.3 Å². The number of rotatable bonds is 3. The van der Waals surface area contributed by atoms with Crippen LogP contribution < -0.4 is 4.98 Å². The molecular weight excluding hydrogens is 309 g/mol. The van der Waals surface area contributed by atoms with E-state index in [2.05, 4.69) is 44.3 Å². The van der Waals surface area contributed by atoms with Crippen LogP contribution >= 0.6 is 0 Å². The van der Waals surface area contributed by atoms with Crippen LogP contribution in [0.4, 0.5) is 13.2 Å². The van der Waals surface area contributed by atoms with Crippen LogP contribution in [0, 0.1) is 0 Å². The van der Waals surface area contributed by atoms with Crippen molar-refractivity contribution in [1.29, 1.82) is 0 Å². The largest absolute Gasteiger partial charge is 0.416 e. The Bertz CT molecular complexity index is 509. The molecule has 0 atom stereocenters. The quantitative estimate of drug-likeness (QED) is 0.484. The van der Waals surface area contributed by atoms with E-state index >= 15 is 0 Å². The molecule has 0 bridgehead atoms. The van der Waals surface area contributed by atoms with E-state index in [9.17, 15) is 13.2 Å². The third-order valence-electron chi connectivity index (χ3n) is 2.43. The van der Waals surface area contributed by atoms with Crippen molar-refractivity contribution in [2.45, 2.75) is 45.5 Å². The van der Waals surface area contributed by atoms with Crippen molar-refractivity contribution in [2.75, 3.05) is 0 Å². The maximum Gasteiger partial charge on any atom is 0.416 e. The maximum atomic E-state index is 12.6. The molecule has 0 aromatic heterocycles. The van der Waals surface area contributed by atoms with Crippen molar-refractivity contribution in [2.24, 2.45) is 4.66 Å². The van der Waals surface area contributed by atoms with Crippen molar-refractivity contribution in [3.8, 4) is 0 Å². The molecule has 1 aromatic rings. The number of amidine groups is 1. The Balaban J connectivity index is 3.19. The summed E-state index contributed by atoms with van der Waals surface area (Å²) in [5, 5.41) is 0. The summed E-state index contributed by atoms with van der Waals surface area (Å²) in [6, 6.07) is 5.21. The van der Waals surface area contributed by atoms with Gasteiger partial charge in [-0.1, -0.05) is 31.8 Å². The highest BCUT2D eigenvalue weighted by atomic mass is 28.3. The SMILES string of the molecule is C[Si](C)(C)/N=C(\N[Si](C)(C)C)c1ccc(C(F)(F)F)cc1. The Kier molecular flexibility index (Phi) is 5.10. The van der Waals surface area contributed by atoms with E-state index in [1.54, 1.807) is 0 Å². The number of benzene rings is 1. The molecule has 0 heterocycles. The summed E-state index contributed by atoms with van der Waals surface area (Å²) in [5.74, 6) is 0.724. The minimum Gasteiger partial charge on any atom is -0.396 e. The smallest absolute Gasteiger partial charge is 0.396 e. The molecule has 0 radical (unpaired) electrons. The molecule has 7 heteroatoms. The van der Waals surface area contributed by atoms with Gasteiger partial charge in [-0.15, -0.1) is 0 Å². The molecule has 0 aliphatic carbocycles. The van der Waals surface area contributed by atoms with Crippen molar-refractivity contribution in [3.05, 3.63) is 35.4 Å². The van der Waals surface area contributed by atoms with Crippen molar-refractivity contribution in [1.82, 2.24) is 4.98 Å². The molecule has 118 valence electrons. The first-order valence-corrected chi connectivity index (χ1v) is 13.8. The molecule has 0 aliphatic heterocycles. The number of nitrogens with one attached hydrogen (secondary N) is 1. The molecule has 21 heavy (non-hydrogen) atoms. The lowest BCUT2D eigenvalue weighted by atomic mass is 10.1. The zero-order valence-corrected chi connectivity index (χ0v) is 15.4. The Hall–Kier alpha value is -1.09. The number of hydrogen-bond donors (Lipinski definition) is 1. The first-order valence-electron chi connectivity index (χ1n) is 6.84. The standard InChI is InChI=1S/C14H23F3N2Si2/c1-20(2,3)18-13(19-21(4,5)6)11-7-9-12(10-8-11)14(15,16)17/h7-10H,1-6H3,(H,18,19). The molecule has 0 saturated heterocycles. The fourth-order valence-corrected chi connectivity index (χ4v) is 3.55. The van der Waals surface area contributed by atoms with Gasteiger partial charge in [0.05, 0.1) is 5.56 Å². The minimum atomic E-state index is -4.30. The third kappa shape index (κ3) is 6.47. The average Bonchev–Trinajstić information content (AvgIpc) is 2.23. The van der Waals surface area contributed by atoms with Gasteiger partial charge in [-0.25, -0.2) is 0 Å². The number of alkyl halides is 3. The average molecular weight is 333 g/mol. The Morgan fingerprint density at radius 3 is 1.76 bits per heavy atom. The van der Waals surface area contributed by atoms with E-state index in [4.69, 9.17) is 4.66 Å². The molecule has 1 aromatic carbocycles. The zero-order chi connectivity index (χ0) is 16.5. The summed E-state index contributed by atoms with van der Waals surface area (Å²) < 4.78 is 42.6. The van der Waals surface area contributed by atoms with E-state index < -0.39 is 28.2 Å². The monoisotopic (exact) mass is 332 g/mol. The second kappa shape index (κ2) is 5.96. The topological polar surface area (TPSA) is 24.4 Å². The van der Waals surface area contributed by atoms with Crippen molar-refractivity contribution < 1.29 is 13.2 Å². The summed E-state index contributed by atoms with van der Waals surface area (Å²) in [5.41, 5.74) is 0.0828. The van der Waals surface area contributed by atoms with E-state index in [-0.39, 0.29) is 0 Å². The number of halogens is 3. The van der Waals surface area contributed by atoms with Crippen molar-refractivity contribution in [3.63, 3.8) is 0 Å². The van der Waals surface area contributed by atoms with Gasteiger partial charge in [0, 0.05) is 5.56 Å². The summed E-state index contributed by atoms with van der Waals surface area (Å²) in [6.07, 6.45) is -4.30. The van der Waals surface area contributed by atoms with Gasteiger partial charge in [0.2, 0.25) is 0 Å². The van der Waals surface area contributed by atoms with Crippen LogP contribution in [0.2, 0.25) is 39.3 Å². The van der Waals surface area contributed by atoms with Gasteiger partial charge < -0.3 is 9.64 Å². The normalized spacial score (nSPS) is 14.2. The van der Waals surface area contributed by atoms with Crippen LogP contribution in [0.5, 0.6) is 0 Å². The Labute approximate surface area is 126 Å². The highest BCUT2D eigenvalue weighted by molar-refractivity contribution is 6.78. The van der Waals surface area contributed by atoms with Gasteiger partial charge in [0.15, 0.2) is 8.24 Å². The highest BCUT2D eigenvalue weighted by Crippen LogP contribution is 2.29. The molecule has 0 amide bonds. The lowest BCUT2D eigenvalue weighted by molar-refractivity contribution is -0.137. The Morgan fingerprint density at radius 2 is 1.43 bits per heavy atom. The minimum absolute atomic E-state index is 0.633. The van der Waals surface area contributed by atoms with E-state index in [1.807, 2.05) is 0 Å². The van der Waals surface area contributed by atoms with Gasteiger partial charge in [-0.2, -0.15) is 13.2 Å². The molecule has 2 nitrogen and oxygen atoms in total. The maximum absolute atomic E-state index is 12.6. The van der Waals surface area contributed by atoms with Crippen LogP contribution in [0.1, 0.15) is 11.1 Å². The number of nitrogens with zero attached hydrogens (tertiary/aromatic N) is 1. The molecule has 0 saturated carbocycles. The van der Waals surface area contributed by atoms with E-state index in [0.717, 1.165) is 18.0 Å². The Morgan fingerprint density at radius 1 is 0.952 bits per heavy atom. The van der Waals surface area contributed by atoms with Gasteiger partial charge in [0.1, 0.15) is 14.1 Å². The fourth-order valence-electron chi connectivity index (χ4n) is 1.67. The molecule has 1 rings (SSSR count). The second-order valence-electron chi connectivity index (χ2n) is 7.08. The highest BCUT2D eigenvalue weighted by Gasteiger charge is 2.30. The fraction of sp³-hybridized carbons (Fsp3) is 0.500. The second-order valence-corrected chi connectivity index (χ2v) is 16.4. The summed E-state index contributed by atoms with van der Waals surface area (Å²) in [7, 11) is -3.36. The van der Waals surface area contributed by atoms with Gasteiger partial charge in [0.25, 0.3) is 0 Å². The molecule has 0 aliphatic rings. The van der Waals surface area contributed by atoms with Crippen LogP contribution in [0.15, 0.2) is 28.9 Å². The van der Waals surface area contributed by atoms with E-state index in [1.165, 1.54) is 12.1 Å². The molecule has 1 N–H and O–H groups in total. The predicted molar refractivity (Wildman–Crippen MR) is 87.8 cm³/mol. The predicted octanol–water partition coefficient (Wildman–Crippen LogP) is 4.71. The summed E-state index contributed by atoms with van der Waals surface area (Å²) in [4.78, 5) is 3.43. The van der Waals surface area contributed by atoms with Gasteiger partial charge in [-0.05, 0) is 31.8 Å². The van der Waals surface area contributed by atoms with E-state index in [0.29, 0.717) is 5.56 Å². The first-order chi connectivity index (χ1) is 9.28. The van der Waals surface area contributed by atoms with Crippen LogP contribution in [-0.2, 0) is 6.18 Å². The van der Waals surface area contributed by atoms with Crippen LogP contribution in [0.3, 0.4) is 0 Å². The van der Waals surface area contributed by atoms with Gasteiger partial charge >= 0.3 is 6.18 Å². The first kappa shape index (κ1) is 18.0. The van der Waals surface area contributed by atoms with Crippen LogP contribution in [0.25, 0.3) is 0 Å². The van der Waals surface area contributed by atoms with Gasteiger partial charge in [-0.3, -0.25) is 0 Å². The molecule has 0 unspecified atom stereocenters. The number of hydrogen-bond acceptors (Lipinski definition) is 1. The third-order valence-corrected chi connectivity index (χ3v) is 4.31. The molecule has 0 fully saturated rings. The lowest BCUT2D eigenvalue weighted by Gasteiger charge is -2.24. The summed E-state index contributed by atoms with van der Waals surface area (Å²) >= 11 is 0. The zero-order valence-electron chi connectivity index (χ0n) is 13.4.